The van der Waals surface area contributed by atoms with Gasteiger partial charge in [0, 0.05) is 17.5 Å². The average Bonchev–Trinajstić information content (AvgIpc) is 3.55. The summed E-state index contributed by atoms with van der Waals surface area (Å²) in [5.41, 5.74) is 1.46. The van der Waals surface area contributed by atoms with Crippen molar-refractivity contribution in [3.05, 3.63) is 87.9 Å². The van der Waals surface area contributed by atoms with E-state index in [1.807, 2.05) is 29.6 Å². The number of hydrogen-bond donors (Lipinski definition) is 1. The van der Waals surface area contributed by atoms with Gasteiger partial charge in [-0.15, -0.1) is 11.3 Å². The van der Waals surface area contributed by atoms with Gasteiger partial charge in [-0.2, -0.15) is 0 Å². The van der Waals surface area contributed by atoms with E-state index in [2.05, 4.69) is 5.32 Å². The van der Waals surface area contributed by atoms with Gasteiger partial charge in [0.2, 0.25) is 11.8 Å². The molecule has 0 saturated heterocycles. The van der Waals surface area contributed by atoms with E-state index in [0.29, 0.717) is 11.3 Å². The topological polar surface area (TPSA) is 58.6 Å². The molecule has 34 heavy (non-hydrogen) atoms. The Bertz CT molecular complexity index is 1080. The van der Waals surface area contributed by atoms with Crippen molar-refractivity contribution in [2.45, 2.75) is 50.7 Å². The Kier molecular flexibility index (Phi) is 7.95. The van der Waals surface area contributed by atoms with E-state index in [1.54, 1.807) is 36.3 Å². The molecule has 1 fully saturated rings. The van der Waals surface area contributed by atoms with Gasteiger partial charge in [0.05, 0.1) is 13.5 Å². The zero-order chi connectivity index (χ0) is 23.9. The fourth-order valence-corrected chi connectivity index (χ4v) is 5.08. The van der Waals surface area contributed by atoms with Crippen molar-refractivity contribution in [1.29, 1.82) is 0 Å². The normalized spacial score (nSPS) is 14.5. The molecule has 0 aliphatic heterocycles. The van der Waals surface area contributed by atoms with Gasteiger partial charge in [0.15, 0.2) is 0 Å². The molecule has 0 radical (unpaired) electrons. The highest BCUT2D eigenvalue weighted by atomic mass is 32.1. The second-order valence-corrected chi connectivity index (χ2v) is 9.60. The second kappa shape index (κ2) is 11.3. The maximum absolute atomic E-state index is 13.7. The van der Waals surface area contributed by atoms with Crippen molar-refractivity contribution in [3.8, 4) is 5.75 Å². The molecule has 178 valence electrons. The van der Waals surface area contributed by atoms with Crippen LogP contribution in [0.2, 0.25) is 0 Å². The number of methoxy groups -OCH3 is 1. The zero-order valence-corrected chi connectivity index (χ0v) is 20.0. The summed E-state index contributed by atoms with van der Waals surface area (Å²) >= 11 is 1.51. The maximum atomic E-state index is 13.7. The van der Waals surface area contributed by atoms with Crippen LogP contribution in [-0.4, -0.2) is 29.9 Å². The van der Waals surface area contributed by atoms with E-state index in [4.69, 9.17) is 4.74 Å². The Morgan fingerprint density at radius 3 is 2.41 bits per heavy atom. The molecule has 2 amide bonds. The summed E-state index contributed by atoms with van der Waals surface area (Å²) < 4.78 is 18.8. The van der Waals surface area contributed by atoms with Gasteiger partial charge in [-0.1, -0.05) is 43.2 Å². The third-order valence-electron chi connectivity index (χ3n) is 6.19. The lowest BCUT2D eigenvalue weighted by Crippen LogP contribution is -2.46. The Morgan fingerprint density at radius 2 is 1.79 bits per heavy atom. The van der Waals surface area contributed by atoms with E-state index >= 15 is 0 Å². The minimum atomic E-state index is -0.816. The molecular formula is C27H29FN2O3S. The predicted octanol–water partition coefficient (Wildman–Crippen LogP) is 5.27. The number of carbonyl (C=O) groups is 2. The van der Waals surface area contributed by atoms with Crippen LogP contribution in [0.4, 0.5) is 4.39 Å². The quantitative estimate of drug-likeness (QED) is 0.454. The van der Waals surface area contributed by atoms with Gasteiger partial charge in [-0.25, -0.2) is 4.39 Å². The van der Waals surface area contributed by atoms with Crippen molar-refractivity contribution in [2.24, 2.45) is 0 Å². The predicted molar refractivity (Wildman–Crippen MR) is 131 cm³/mol. The SMILES string of the molecule is COc1ccc(C(C(=O)NC2CCCC2)N(Cc2ccc(F)cc2)C(=O)Cc2cccs2)cc1. The molecule has 1 aliphatic carbocycles. The third kappa shape index (κ3) is 6.03. The molecule has 0 bridgehead atoms. The highest BCUT2D eigenvalue weighted by Gasteiger charge is 2.33. The first kappa shape index (κ1) is 24.0. The first-order valence-electron chi connectivity index (χ1n) is 11.5. The maximum Gasteiger partial charge on any atom is 0.247 e. The molecule has 4 rings (SSSR count). The zero-order valence-electron chi connectivity index (χ0n) is 19.2. The van der Waals surface area contributed by atoms with Gasteiger partial charge in [0.25, 0.3) is 0 Å². The summed E-state index contributed by atoms with van der Waals surface area (Å²) in [5, 5.41) is 5.10. The summed E-state index contributed by atoms with van der Waals surface area (Å²) in [7, 11) is 1.59. The lowest BCUT2D eigenvalue weighted by molar-refractivity contribution is -0.141. The second-order valence-electron chi connectivity index (χ2n) is 8.57. The highest BCUT2D eigenvalue weighted by molar-refractivity contribution is 7.10. The van der Waals surface area contributed by atoms with E-state index < -0.39 is 6.04 Å². The van der Waals surface area contributed by atoms with Crippen molar-refractivity contribution in [2.75, 3.05) is 7.11 Å². The van der Waals surface area contributed by atoms with E-state index in [9.17, 15) is 14.0 Å². The molecule has 3 aromatic rings. The number of rotatable bonds is 9. The van der Waals surface area contributed by atoms with Gasteiger partial charge < -0.3 is 15.0 Å². The van der Waals surface area contributed by atoms with Crippen LogP contribution in [0.1, 0.15) is 47.7 Å². The standard InChI is InChI=1S/C27H29FN2O3S/c1-33-23-14-10-20(11-15-23)26(27(32)29-22-5-2-3-6-22)30(18-19-8-12-21(28)13-9-19)25(31)17-24-7-4-16-34-24/h4,7-16,22,26H,2-3,5-6,17-18H2,1H3,(H,29,32). The largest absolute Gasteiger partial charge is 0.497 e. The summed E-state index contributed by atoms with van der Waals surface area (Å²) in [4.78, 5) is 29.8. The first-order valence-corrected chi connectivity index (χ1v) is 12.4. The smallest absolute Gasteiger partial charge is 0.247 e. The summed E-state index contributed by atoms with van der Waals surface area (Å²) in [5.74, 6) is -0.0209. The van der Waals surface area contributed by atoms with Gasteiger partial charge in [-0.3, -0.25) is 9.59 Å². The Morgan fingerprint density at radius 1 is 1.09 bits per heavy atom. The number of halogens is 1. The van der Waals surface area contributed by atoms with Crippen LogP contribution < -0.4 is 10.1 Å². The molecule has 1 atom stereocenters. The van der Waals surface area contributed by atoms with Crippen molar-refractivity contribution < 1.29 is 18.7 Å². The number of ether oxygens (including phenoxy) is 1. The van der Waals surface area contributed by atoms with Crippen molar-refractivity contribution >= 4 is 23.2 Å². The third-order valence-corrected chi connectivity index (χ3v) is 7.06. The van der Waals surface area contributed by atoms with Crippen molar-refractivity contribution in [1.82, 2.24) is 10.2 Å². The molecule has 1 unspecified atom stereocenters. The number of thiophene rings is 1. The Labute approximate surface area is 203 Å². The summed E-state index contributed by atoms with van der Waals surface area (Å²) in [6, 6.07) is 16.4. The summed E-state index contributed by atoms with van der Waals surface area (Å²) in [6.45, 7) is 0.194. The minimum absolute atomic E-state index is 0.119. The fourth-order valence-electron chi connectivity index (χ4n) is 4.38. The van der Waals surface area contributed by atoms with E-state index in [-0.39, 0.29) is 36.6 Å². The first-order chi connectivity index (χ1) is 16.5. The van der Waals surface area contributed by atoms with Crippen LogP contribution >= 0.6 is 11.3 Å². The van der Waals surface area contributed by atoms with Crippen LogP contribution in [0, 0.1) is 5.82 Å². The molecule has 1 N–H and O–H groups in total. The molecule has 1 aliphatic rings. The minimum Gasteiger partial charge on any atom is -0.497 e. The van der Waals surface area contributed by atoms with Crippen LogP contribution in [0.15, 0.2) is 66.0 Å². The molecule has 0 spiro atoms. The van der Waals surface area contributed by atoms with Crippen LogP contribution in [0.5, 0.6) is 5.75 Å². The molecule has 5 nitrogen and oxygen atoms in total. The number of carbonyl (C=O) groups excluding carboxylic acids is 2. The van der Waals surface area contributed by atoms with E-state index in [0.717, 1.165) is 36.1 Å². The molecule has 7 heteroatoms. The fraction of sp³-hybridized carbons (Fsp3) is 0.333. The molecule has 1 saturated carbocycles. The number of amides is 2. The Balaban J connectivity index is 1.69. The Hall–Kier alpha value is -3.19. The van der Waals surface area contributed by atoms with E-state index in [1.165, 1.54) is 23.5 Å². The lowest BCUT2D eigenvalue weighted by Gasteiger charge is -2.32. The van der Waals surface area contributed by atoms with Gasteiger partial charge >= 0.3 is 0 Å². The molecule has 2 aromatic carbocycles. The van der Waals surface area contributed by atoms with Crippen LogP contribution in [-0.2, 0) is 22.6 Å². The molecule has 1 aromatic heterocycles. The number of benzene rings is 2. The molecular weight excluding hydrogens is 451 g/mol. The lowest BCUT2D eigenvalue weighted by atomic mass is 10.0. The van der Waals surface area contributed by atoms with Gasteiger partial charge in [0.1, 0.15) is 17.6 Å². The monoisotopic (exact) mass is 480 g/mol. The van der Waals surface area contributed by atoms with Crippen molar-refractivity contribution in [3.63, 3.8) is 0 Å². The summed E-state index contributed by atoms with van der Waals surface area (Å²) in [6.07, 6.45) is 4.27. The van der Waals surface area contributed by atoms with Crippen LogP contribution in [0.3, 0.4) is 0 Å². The average molecular weight is 481 g/mol. The molecule has 1 heterocycles. The van der Waals surface area contributed by atoms with Gasteiger partial charge in [-0.05, 0) is 59.7 Å². The number of nitrogens with one attached hydrogen (secondary N) is 1. The highest BCUT2D eigenvalue weighted by Crippen LogP contribution is 2.28. The number of hydrogen-bond acceptors (Lipinski definition) is 4. The number of nitrogens with zero attached hydrogens (tertiary/aromatic N) is 1. The van der Waals surface area contributed by atoms with Crippen LogP contribution in [0.25, 0.3) is 0 Å².